The van der Waals surface area contributed by atoms with Crippen LogP contribution in [0.5, 0.6) is 0 Å². The molecule has 1 aromatic heterocycles. The van der Waals surface area contributed by atoms with Gasteiger partial charge in [-0.1, -0.05) is 18.2 Å². The lowest BCUT2D eigenvalue weighted by molar-refractivity contribution is 0.873. The summed E-state index contributed by atoms with van der Waals surface area (Å²) in [5.41, 5.74) is 1.40. The molecule has 0 amide bonds. The summed E-state index contributed by atoms with van der Waals surface area (Å²) in [4.78, 5) is 0. The molecule has 13 heavy (non-hydrogen) atoms. The summed E-state index contributed by atoms with van der Waals surface area (Å²) < 4.78 is 1.68. The van der Waals surface area contributed by atoms with E-state index in [1.54, 1.807) is 16.9 Å². The Hall–Kier alpha value is -2.08. The van der Waals surface area contributed by atoms with Gasteiger partial charge in [0.15, 0.2) is 5.69 Å². The van der Waals surface area contributed by atoms with Crippen molar-refractivity contribution in [2.45, 2.75) is 0 Å². The molecule has 1 aromatic carbocycles. The first-order valence-corrected chi connectivity index (χ1v) is 3.91. The predicted octanol–water partition coefficient (Wildman–Crippen LogP) is 1.74. The lowest BCUT2D eigenvalue weighted by atomic mass is 10.3. The van der Waals surface area contributed by atoms with Gasteiger partial charge in [0.05, 0.1) is 5.69 Å². The summed E-state index contributed by atoms with van der Waals surface area (Å²) in [5, 5.41) is 12.6. The molecule has 0 unspecified atom stereocenters. The zero-order valence-corrected chi connectivity index (χ0v) is 6.88. The van der Waals surface area contributed by atoms with Gasteiger partial charge < -0.3 is 0 Å². The van der Waals surface area contributed by atoms with Crippen LogP contribution in [-0.4, -0.2) is 9.78 Å². The fourth-order valence-electron chi connectivity index (χ4n) is 1.11. The number of hydrogen-bond donors (Lipinski definition) is 0. The topological polar surface area (TPSA) is 41.6 Å². The maximum absolute atomic E-state index is 8.57. The largest absolute Gasteiger partial charge is 0.240 e. The Labute approximate surface area is 75.9 Å². The molecule has 62 valence electrons. The molecule has 0 saturated carbocycles. The molecule has 3 heteroatoms. The number of rotatable bonds is 1. The Morgan fingerprint density at radius 3 is 2.54 bits per heavy atom. The van der Waals surface area contributed by atoms with E-state index in [-0.39, 0.29) is 0 Å². The van der Waals surface area contributed by atoms with Crippen molar-refractivity contribution >= 4 is 0 Å². The van der Waals surface area contributed by atoms with Gasteiger partial charge in [0.25, 0.3) is 0 Å². The standard InChI is InChI=1S/C10H7N3/c11-8-9-6-7-13(12-9)10-4-2-1-3-5-10/h1-7H. The number of para-hydroxylation sites is 1. The Morgan fingerprint density at radius 1 is 1.15 bits per heavy atom. The van der Waals surface area contributed by atoms with Crippen molar-refractivity contribution < 1.29 is 0 Å². The molecule has 0 radical (unpaired) electrons. The fourth-order valence-corrected chi connectivity index (χ4v) is 1.11. The first-order valence-electron chi connectivity index (χ1n) is 3.91. The van der Waals surface area contributed by atoms with E-state index in [0.29, 0.717) is 5.69 Å². The van der Waals surface area contributed by atoms with Crippen LogP contribution in [-0.2, 0) is 0 Å². The monoisotopic (exact) mass is 169 g/mol. The molecular formula is C10H7N3. The highest BCUT2D eigenvalue weighted by atomic mass is 15.3. The number of nitriles is 1. The van der Waals surface area contributed by atoms with Gasteiger partial charge in [-0.2, -0.15) is 10.4 Å². The van der Waals surface area contributed by atoms with Gasteiger partial charge in [-0.25, -0.2) is 4.68 Å². The minimum Gasteiger partial charge on any atom is -0.240 e. The van der Waals surface area contributed by atoms with Gasteiger partial charge in [-0.3, -0.25) is 0 Å². The molecule has 0 saturated heterocycles. The first-order chi connectivity index (χ1) is 6.40. The van der Waals surface area contributed by atoms with E-state index in [2.05, 4.69) is 5.10 Å². The van der Waals surface area contributed by atoms with Crippen LogP contribution in [0.3, 0.4) is 0 Å². The Balaban J connectivity index is 2.43. The molecule has 0 atom stereocenters. The summed E-state index contributed by atoms with van der Waals surface area (Å²) in [7, 11) is 0. The normalized spacial score (nSPS) is 9.46. The second-order valence-electron chi connectivity index (χ2n) is 2.59. The summed E-state index contributed by atoms with van der Waals surface area (Å²) in [6, 6.07) is 13.4. The van der Waals surface area contributed by atoms with Crippen LogP contribution in [0.1, 0.15) is 5.69 Å². The molecule has 0 aliphatic rings. The average Bonchev–Trinajstić information content (AvgIpc) is 2.67. The lowest BCUT2D eigenvalue weighted by Gasteiger charge is -1.97. The minimum atomic E-state index is 0.434. The van der Waals surface area contributed by atoms with E-state index in [0.717, 1.165) is 5.69 Å². The van der Waals surface area contributed by atoms with Crippen molar-refractivity contribution in [1.82, 2.24) is 9.78 Å². The smallest absolute Gasteiger partial charge is 0.162 e. The molecule has 0 aliphatic heterocycles. The van der Waals surface area contributed by atoms with Gasteiger partial charge in [-0.05, 0) is 18.2 Å². The molecule has 0 bridgehead atoms. The van der Waals surface area contributed by atoms with E-state index < -0.39 is 0 Å². The summed E-state index contributed by atoms with van der Waals surface area (Å²) in [5.74, 6) is 0. The van der Waals surface area contributed by atoms with Crippen LogP contribution in [0.2, 0.25) is 0 Å². The maximum Gasteiger partial charge on any atom is 0.162 e. The van der Waals surface area contributed by atoms with Gasteiger partial charge in [0, 0.05) is 6.20 Å². The van der Waals surface area contributed by atoms with Gasteiger partial charge in [-0.15, -0.1) is 0 Å². The fraction of sp³-hybridized carbons (Fsp3) is 0. The van der Waals surface area contributed by atoms with Crippen LogP contribution >= 0.6 is 0 Å². The van der Waals surface area contributed by atoms with Crippen molar-refractivity contribution in [1.29, 1.82) is 5.26 Å². The number of hydrogen-bond acceptors (Lipinski definition) is 2. The van der Waals surface area contributed by atoms with Gasteiger partial charge >= 0.3 is 0 Å². The first kappa shape index (κ1) is 7.56. The van der Waals surface area contributed by atoms with Crippen molar-refractivity contribution in [2.24, 2.45) is 0 Å². The molecule has 1 heterocycles. The third-order valence-corrected chi connectivity index (χ3v) is 1.72. The third kappa shape index (κ3) is 1.42. The zero-order valence-electron chi connectivity index (χ0n) is 6.88. The second kappa shape index (κ2) is 3.11. The van der Waals surface area contributed by atoms with E-state index >= 15 is 0 Å². The minimum absolute atomic E-state index is 0.434. The van der Waals surface area contributed by atoms with Crippen molar-refractivity contribution in [3.05, 3.63) is 48.3 Å². The molecular weight excluding hydrogens is 162 g/mol. The highest BCUT2D eigenvalue weighted by molar-refractivity contribution is 5.31. The molecule has 0 aliphatic carbocycles. The number of nitrogens with zero attached hydrogens (tertiary/aromatic N) is 3. The lowest BCUT2D eigenvalue weighted by Crippen LogP contribution is -1.93. The van der Waals surface area contributed by atoms with Crippen LogP contribution in [0.4, 0.5) is 0 Å². The molecule has 0 N–H and O–H groups in total. The predicted molar refractivity (Wildman–Crippen MR) is 48.3 cm³/mol. The van der Waals surface area contributed by atoms with Gasteiger partial charge in [0.1, 0.15) is 6.07 Å². The Bertz CT molecular complexity index is 437. The van der Waals surface area contributed by atoms with E-state index in [9.17, 15) is 0 Å². The van der Waals surface area contributed by atoms with Crippen LogP contribution in [0.25, 0.3) is 5.69 Å². The quantitative estimate of drug-likeness (QED) is 0.652. The average molecular weight is 169 g/mol. The summed E-state index contributed by atoms with van der Waals surface area (Å²) >= 11 is 0. The summed E-state index contributed by atoms with van der Waals surface area (Å²) in [6.07, 6.45) is 1.77. The zero-order chi connectivity index (χ0) is 9.10. The SMILES string of the molecule is N#Cc1ccn(-c2ccccc2)n1. The number of benzene rings is 1. The van der Waals surface area contributed by atoms with Crippen LogP contribution < -0.4 is 0 Å². The highest BCUT2D eigenvalue weighted by Gasteiger charge is 1.97. The van der Waals surface area contributed by atoms with Crippen LogP contribution in [0, 0.1) is 11.3 Å². The van der Waals surface area contributed by atoms with E-state index in [1.807, 2.05) is 36.4 Å². The molecule has 0 fully saturated rings. The van der Waals surface area contributed by atoms with Gasteiger partial charge in [0.2, 0.25) is 0 Å². The van der Waals surface area contributed by atoms with Crippen molar-refractivity contribution in [3.63, 3.8) is 0 Å². The van der Waals surface area contributed by atoms with Crippen LogP contribution in [0.15, 0.2) is 42.6 Å². The van der Waals surface area contributed by atoms with Crippen molar-refractivity contribution in [3.8, 4) is 11.8 Å². The Morgan fingerprint density at radius 2 is 1.92 bits per heavy atom. The highest BCUT2D eigenvalue weighted by Crippen LogP contribution is 2.05. The van der Waals surface area contributed by atoms with E-state index in [1.165, 1.54) is 0 Å². The van der Waals surface area contributed by atoms with E-state index in [4.69, 9.17) is 5.26 Å². The molecule has 0 spiro atoms. The van der Waals surface area contributed by atoms with Crippen molar-refractivity contribution in [2.75, 3.05) is 0 Å². The molecule has 2 rings (SSSR count). The maximum atomic E-state index is 8.57. The molecule has 2 aromatic rings. The summed E-state index contributed by atoms with van der Waals surface area (Å²) in [6.45, 7) is 0. The Kier molecular flexibility index (Phi) is 1.81. The number of aromatic nitrogens is 2. The molecule has 3 nitrogen and oxygen atoms in total. The second-order valence-corrected chi connectivity index (χ2v) is 2.59. The third-order valence-electron chi connectivity index (χ3n) is 1.72.